The largest absolute Gasteiger partial charge is 0.508 e. The minimum absolute atomic E-state index is 0.291. The number of phenols is 1. The highest BCUT2D eigenvalue weighted by atomic mass is 16.3. The van der Waals surface area contributed by atoms with Crippen LogP contribution in [0.5, 0.6) is 5.75 Å². The topological polar surface area (TPSA) is 28.4 Å². The second-order valence-electron chi connectivity index (χ2n) is 7.17. The number of phenolic OH excluding ortho intramolecular Hbond substituents is 1. The molecule has 2 heterocycles. The molecule has 4 rings (SSSR count). The Labute approximate surface area is 148 Å². The summed E-state index contributed by atoms with van der Waals surface area (Å²) in [4.78, 5) is 2.39. The molecule has 0 fully saturated rings. The van der Waals surface area contributed by atoms with E-state index in [4.69, 9.17) is 0 Å². The van der Waals surface area contributed by atoms with E-state index in [1.807, 2.05) is 12.1 Å². The Morgan fingerprint density at radius 1 is 1.16 bits per heavy atom. The van der Waals surface area contributed by atoms with Crippen molar-refractivity contribution in [1.29, 1.82) is 0 Å². The van der Waals surface area contributed by atoms with Gasteiger partial charge in [-0.15, -0.1) is 0 Å². The molecule has 3 nitrogen and oxygen atoms in total. The molecule has 0 bridgehead atoms. The van der Waals surface area contributed by atoms with Crippen molar-refractivity contribution in [2.45, 2.75) is 26.4 Å². The van der Waals surface area contributed by atoms with E-state index in [2.05, 4.69) is 48.2 Å². The van der Waals surface area contributed by atoms with E-state index in [1.54, 1.807) is 12.1 Å². The smallest absolute Gasteiger partial charge is 0.115 e. The number of fused-ring (bicyclic) bond motifs is 3. The summed E-state index contributed by atoms with van der Waals surface area (Å²) in [6.07, 6.45) is 1.07. The van der Waals surface area contributed by atoms with Crippen molar-refractivity contribution in [3.63, 3.8) is 0 Å². The van der Waals surface area contributed by atoms with E-state index in [0.29, 0.717) is 5.75 Å². The zero-order chi connectivity index (χ0) is 17.6. The monoisotopic (exact) mass is 332 g/mol. The summed E-state index contributed by atoms with van der Waals surface area (Å²) < 4.78 is 2.44. The van der Waals surface area contributed by atoms with E-state index >= 15 is 0 Å². The molecule has 3 heteroatoms. The molecule has 128 valence electrons. The maximum absolute atomic E-state index is 9.51. The fraction of sp³-hybridized carbons (Fsp3) is 0.273. The number of aromatic hydroxyl groups is 1. The molecule has 2 aromatic carbocycles. The Bertz CT molecular complexity index is 950. The number of benzene rings is 2. The van der Waals surface area contributed by atoms with Gasteiger partial charge in [0.25, 0.3) is 0 Å². The van der Waals surface area contributed by atoms with Gasteiger partial charge in [-0.05, 0) is 54.9 Å². The van der Waals surface area contributed by atoms with Gasteiger partial charge in [-0.1, -0.05) is 30.3 Å². The van der Waals surface area contributed by atoms with Gasteiger partial charge in [0.05, 0.1) is 0 Å². The molecule has 0 atom stereocenters. The van der Waals surface area contributed by atoms with E-state index in [0.717, 1.165) is 37.2 Å². The lowest BCUT2D eigenvalue weighted by Crippen LogP contribution is -2.27. The van der Waals surface area contributed by atoms with E-state index in [9.17, 15) is 5.11 Å². The number of hydrogen-bond donors (Lipinski definition) is 1. The number of likely N-dealkylation sites (N-methyl/N-ethyl adjacent to an activating group) is 1. The third-order valence-electron chi connectivity index (χ3n) is 5.23. The standard InChI is InChI=1S/C22H24N2O/c1-15-4-9-21-19(12-15)20-14-23(3)11-10-22(20)24(21)13-16(2)17-5-7-18(25)8-6-17/h4-9,12,25H,2,10-11,13-14H2,1,3H3. The molecule has 0 saturated carbocycles. The molecular weight excluding hydrogens is 308 g/mol. The quantitative estimate of drug-likeness (QED) is 0.772. The predicted octanol–water partition coefficient (Wildman–Crippen LogP) is 4.36. The van der Waals surface area contributed by atoms with Crippen LogP contribution in [-0.2, 0) is 19.5 Å². The van der Waals surface area contributed by atoms with Crippen molar-refractivity contribution >= 4 is 16.5 Å². The number of hydrogen-bond acceptors (Lipinski definition) is 2. The van der Waals surface area contributed by atoms with Crippen molar-refractivity contribution in [1.82, 2.24) is 9.47 Å². The van der Waals surface area contributed by atoms with Crippen LogP contribution in [0.15, 0.2) is 49.0 Å². The van der Waals surface area contributed by atoms with Gasteiger partial charge in [0.1, 0.15) is 5.75 Å². The molecule has 3 aromatic rings. The summed E-state index contributed by atoms with van der Waals surface area (Å²) in [7, 11) is 2.19. The van der Waals surface area contributed by atoms with Gasteiger partial charge in [-0.2, -0.15) is 0 Å². The van der Waals surface area contributed by atoms with Crippen molar-refractivity contribution in [3.05, 3.63) is 71.4 Å². The molecule has 0 aliphatic carbocycles. The Hall–Kier alpha value is -2.52. The molecule has 0 spiro atoms. The lowest BCUT2D eigenvalue weighted by Gasteiger charge is -2.24. The molecular formula is C22H24N2O. The Balaban J connectivity index is 1.79. The highest BCUT2D eigenvalue weighted by Crippen LogP contribution is 2.33. The molecule has 0 amide bonds. The number of aryl methyl sites for hydroxylation is 1. The first-order chi connectivity index (χ1) is 12.0. The van der Waals surface area contributed by atoms with Crippen LogP contribution in [0.3, 0.4) is 0 Å². The van der Waals surface area contributed by atoms with Gasteiger partial charge < -0.3 is 14.6 Å². The fourth-order valence-corrected chi connectivity index (χ4v) is 3.86. The van der Waals surface area contributed by atoms with Gasteiger partial charge in [-0.25, -0.2) is 0 Å². The average molecular weight is 332 g/mol. The summed E-state index contributed by atoms with van der Waals surface area (Å²) >= 11 is 0. The van der Waals surface area contributed by atoms with Crippen molar-refractivity contribution in [3.8, 4) is 5.75 Å². The van der Waals surface area contributed by atoms with Crippen LogP contribution in [0.25, 0.3) is 16.5 Å². The van der Waals surface area contributed by atoms with Gasteiger partial charge in [0, 0.05) is 42.7 Å². The lowest BCUT2D eigenvalue weighted by molar-refractivity contribution is 0.310. The van der Waals surface area contributed by atoms with Crippen LogP contribution >= 0.6 is 0 Å². The fourth-order valence-electron chi connectivity index (χ4n) is 3.86. The maximum atomic E-state index is 9.51. The molecule has 0 saturated heterocycles. The minimum atomic E-state index is 0.291. The van der Waals surface area contributed by atoms with Crippen molar-refractivity contribution < 1.29 is 5.11 Å². The van der Waals surface area contributed by atoms with E-state index in [1.165, 1.54) is 27.7 Å². The number of rotatable bonds is 3. The Morgan fingerprint density at radius 3 is 2.68 bits per heavy atom. The molecule has 1 aliphatic heterocycles. The summed E-state index contributed by atoms with van der Waals surface area (Å²) in [5.41, 5.74) is 7.65. The van der Waals surface area contributed by atoms with Crippen LogP contribution < -0.4 is 0 Å². The summed E-state index contributed by atoms with van der Waals surface area (Å²) in [5, 5.41) is 10.9. The Kier molecular flexibility index (Phi) is 3.89. The zero-order valence-corrected chi connectivity index (χ0v) is 14.9. The predicted molar refractivity (Wildman–Crippen MR) is 104 cm³/mol. The average Bonchev–Trinajstić information content (AvgIpc) is 2.88. The molecule has 0 unspecified atom stereocenters. The van der Waals surface area contributed by atoms with Gasteiger partial charge in [0.15, 0.2) is 0 Å². The molecule has 1 aromatic heterocycles. The number of aromatic nitrogens is 1. The third kappa shape index (κ3) is 2.85. The van der Waals surface area contributed by atoms with Crippen molar-refractivity contribution in [2.75, 3.05) is 13.6 Å². The van der Waals surface area contributed by atoms with E-state index < -0.39 is 0 Å². The second kappa shape index (κ2) is 6.08. The molecule has 0 radical (unpaired) electrons. The SMILES string of the molecule is C=C(Cn1c2c(c3cc(C)ccc31)CN(C)CC2)c1ccc(O)cc1. The van der Waals surface area contributed by atoms with Crippen LogP contribution in [0.2, 0.25) is 0 Å². The van der Waals surface area contributed by atoms with Gasteiger partial charge >= 0.3 is 0 Å². The first kappa shape index (κ1) is 16.0. The van der Waals surface area contributed by atoms with Gasteiger partial charge in [-0.3, -0.25) is 0 Å². The number of allylic oxidation sites excluding steroid dienone is 1. The number of nitrogens with zero attached hydrogens (tertiary/aromatic N) is 2. The van der Waals surface area contributed by atoms with Crippen molar-refractivity contribution in [2.24, 2.45) is 0 Å². The third-order valence-corrected chi connectivity index (χ3v) is 5.23. The van der Waals surface area contributed by atoms with E-state index in [-0.39, 0.29) is 0 Å². The first-order valence-electron chi connectivity index (χ1n) is 8.79. The summed E-state index contributed by atoms with van der Waals surface area (Å²) in [6, 6.07) is 14.1. The zero-order valence-electron chi connectivity index (χ0n) is 14.9. The highest BCUT2D eigenvalue weighted by Gasteiger charge is 2.22. The first-order valence-corrected chi connectivity index (χ1v) is 8.79. The van der Waals surface area contributed by atoms with Crippen LogP contribution in [0, 0.1) is 6.92 Å². The lowest BCUT2D eigenvalue weighted by atomic mass is 10.0. The van der Waals surface area contributed by atoms with Crippen LogP contribution in [0.1, 0.15) is 22.4 Å². The van der Waals surface area contributed by atoms with Gasteiger partial charge in [0.2, 0.25) is 0 Å². The molecule has 25 heavy (non-hydrogen) atoms. The maximum Gasteiger partial charge on any atom is 0.115 e. The Morgan fingerprint density at radius 2 is 1.92 bits per heavy atom. The molecule has 1 N–H and O–H groups in total. The summed E-state index contributed by atoms with van der Waals surface area (Å²) in [5.74, 6) is 0.291. The van der Waals surface area contributed by atoms with Crippen LogP contribution in [-0.4, -0.2) is 28.2 Å². The minimum Gasteiger partial charge on any atom is -0.508 e. The summed E-state index contributed by atoms with van der Waals surface area (Å²) in [6.45, 7) is 9.34. The highest BCUT2D eigenvalue weighted by molar-refractivity contribution is 5.87. The molecule has 1 aliphatic rings. The normalized spacial score (nSPS) is 14.6. The van der Waals surface area contributed by atoms with Crippen LogP contribution in [0.4, 0.5) is 0 Å². The second-order valence-corrected chi connectivity index (χ2v) is 7.17.